The van der Waals surface area contributed by atoms with Crippen LogP contribution in [-0.4, -0.2) is 42.4 Å². The molecule has 1 amide bonds. The summed E-state index contributed by atoms with van der Waals surface area (Å²) < 4.78 is 5.74. The molecule has 3 rings (SSSR count). The molecule has 2 aromatic rings. The van der Waals surface area contributed by atoms with Crippen molar-refractivity contribution in [2.24, 2.45) is 0 Å². The van der Waals surface area contributed by atoms with Crippen molar-refractivity contribution >= 4 is 28.7 Å². The molecule has 1 N–H and O–H groups in total. The number of hydrogen-bond donors (Lipinski definition) is 1. The quantitative estimate of drug-likeness (QED) is 0.720. The molecule has 6 heteroatoms. The lowest BCUT2D eigenvalue weighted by Crippen LogP contribution is -2.37. The number of ether oxygens (including phenoxy) is 1. The highest BCUT2D eigenvalue weighted by molar-refractivity contribution is 7.09. The van der Waals surface area contributed by atoms with Crippen LogP contribution in [0.15, 0.2) is 41.8 Å². The summed E-state index contributed by atoms with van der Waals surface area (Å²) in [6.45, 7) is 4.03. The van der Waals surface area contributed by atoms with Gasteiger partial charge in [-0.25, -0.2) is 0 Å². The van der Waals surface area contributed by atoms with Crippen LogP contribution >= 0.6 is 11.3 Å². The Balaban J connectivity index is 1.65. The van der Waals surface area contributed by atoms with Crippen LogP contribution in [-0.2, 0) is 16.1 Å². The topological polar surface area (TPSA) is 58.6 Å². The van der Waals surface area contributed by atoms with E-state index in [0.717, 1.165) is 32.5 Å². The summed E-state index contributed by atoms with van der Waals surface area (Å²) in [6.07, 6.45) is 2.30. The highest BCUT2D eigenvalue weighted by Gasteiger charge is 2.21. The van der Waals surface area contributed by atoms with Crippen LogP contribution in [0.4, 0.5) is 5.69 Å². The lowest BCUT2D eigenvalue weighted by atomic mass is 10.1. The minimum atomic E-state index is -0.117. The Bertz CT molecular complexity index is 739. The van der Waals surface area contributed by atoms with Crippen molar-refractivity contribution in [2.45, 2.75) is 32.4 Å². The Morgan fingerprint density at radius 1 is 1.27 bits per heavy atom. The molecule has 1 saturated heterocycles. The van der Waals surface area contributed by atoms with Crippen molar-refractivity contribution in [1.82, 2.24) is 4.90 Å². The number of amides is 1. The van der Waals surface area contributed by atoms with Crippen LogP contribution in [0.5, 0.6) is 0 Å². The smallest absolute Gasteiger partial charge is 0.238 e. The van der Waals surface area contributed by atoms with Crippen LogP contribution in [0, 0.1) is 0 Å². The predicted molar refractivity (Wildman–Crippen MR) is 104 cm³/mol. The maximum Gasteiger partial charge on any atom is 0.238 e. The van der Waals surface area contributed by atoms with Crippen LogP contribution in [0.2, 0.25) is 0 Å². The molecule has 1 unspecified atom stereocenters. The van der Waals surface area contributed by atoms with Gasteiger partial charge in [0, 0.05) is 30.1 Å². The van der Waals surface area contributed by atoms with Gasteiger partial charge < -0.3 is 10.1 Å². The highest BCUT2D eigenvalue weighted by atomic mass is 32.1. The van der Waals surface area contributed by atoms with Gasteiger partial charge in [-0.05, 0) is 43.3 Å². The van der Waals surface area contributed by atoms with Crippen LogP contribution in [0.3, 0.4) is 0 Å². The Morgan fingerprint density at radius 2 is 2.12 bits per heavy atom. The molecular formula is C20H24N2O3S. The van der Waals surface area contributed by atoms with E-state index in [1.54, 1.807) is 29.5 Å². The van der Waals surface area contributed by atoms with Crippen molar-refractivity contribution in [3.63, 3.8) is 0 Å². The van der Waals surface area contributed by atoms with Crippen molar-refractivity contribution in [3.8, 4) is 0 Å². The zero-order chi connectivity index (χ0) is 18.4. The minimum absolute atomic E-state index is 0.0595. The number of carbonyl (C=O) groups excluding carboxylic acids is 2. The standard InChI is InChI=1S/C20H24N2O3S/c1-15(23)18-8-2-3-9-19(18)21-20(24)14-22(12-16-6-4-10-25-16)13-17-7-5-11-26-17/h2-3,5,7-9,11,16H,4,6,10,12-14H2,1H3,(H,21,24). The first-order valence-electron chi connectivity index (χ1n) is 8.88. The Labute approximate surface area is 158 Å². The Morgan fingerprint density at radius 3 is 2.81 bits per heavy atom. The third-order valence-corrected chi connectivity index (χ3v) is 5.25. The van der Waals surface area contributed by atoms with E-state index in [4.69, 9.17) is 4.74 Å². The van der Waals surface area contributed by atoms with Crippen molar-refractivity contribution < 1.29 is 14.3 Å². The van der Waals surface area contributed by atoms with Gasteiger partial charge >= 0.3 is 0 Å². The first kappa shape index (κ1) is 18.8. The van der Waals surface area contributed by atoms with E-state index in [9.17, 15) is 9.59 Å². The molecule has 0 aliphatic carbocycles. The van der Waals surface area contributed by atoms with E-state index in [1.165, 1.54) is 11.8 Å². The maximum absolute atomic E-state index is 12.6. The van der Waals surface area contributed by atoms with Gasteiger partial charge in [0.2, 0.25) is 5.91 Å². The second kappa shape index (κ2) is 9.07. The highest BCUT2D eigenvalue weighted by Crippen LogP contribution is 2.18. The molecule has 1 aliphatic rings. The molecule has 0 bridgehead atoms. The van der Waals surface area contributed by atoms with Gasteiger partial charge in [0.15, 0.2) is 5.78 Å². The summed E-state index contributed by atoms with van der Waals surface area (Å²) in [5.41, 5.74) is 1.10. The fourth-order valence-electron chi connectivity index (χ4n) is 3.18. The monoisotopic (exact) mass is 372 g/mol. The molecule has 0 spiro atoms. The summed E-state index contributed by atoms with van der Waals surface area (Å²) >= 11 is 1.69. The summed E-state index contributed by atoms with van der Waals surface area (Å²) in [6, 6.07) is 11.2. The summed E-state index contributed by atoms with van der Waals surface area (Å²) in [7, 11) is 0. The number of nitrogens with one attached hydrogen (secondary N) is 1. The number of anilines is 1. The number of para-hydroxylation sites is 1. The number of nitrogens with zero attached hydrogens (tertiary/aromatic N) is 1. The zero-order valence-corrected chi connectivity index (χ0v) is 15.8. The van der Waals surface area contributed by atoms with E-state index in [1.807, 2.05) is 17.5 Å². The molecule has 5 nitrogen and oxygen atoms in total. The van der Waals surface area contributed by atoms with E-state index >= 15 is 0 Å². The van der Waals surface area contributed by atoms with Gasteiger partial charge in [0.1, 0.15) is 0 Å². The third kappa shape index (κ3) is 5.24. The molecule has 138 valence electrons. The number of rotatable bonds is 8. The number of Topliss-reactive ketones (excluding diaryl/α,β-unsaturated/α-hetero) is 1. The zero-order valence-electron chi connectivity index (χ0n) is 14.9. The van der Waals surface area contributed by atoms with Gasteiger partial charge in [-0.15, -0.1) is 11.3 Å². The Hall–Kier alpha value is -2.02. The van der Waals surface area contributed by atoms with Crippen LogP contribution in [0.1, 0.15) is 35.0 Å². The first-order chi connectivity index (χ1) is 12.6. The SMILES string of the molecule is CC(=O)c1ccccc1NC(=O)CN(Cc1cccs1)CC1CCCO1. The number of hydrogen-bond acceptors (Lipinski definition) is 5. The third-order valence-electron chi connectivity index (χ3n) is 4.39. The van der Waals surface area contributed by atoms with Crippen LogP contribution < -0.4 is 5.32 Å². The van der Waals surface area contributed by atoms with E-state index in [0.29, 0.717) is 11.3 Å². The van der Waals surface area contributed by atoms with Gasteiger partial charge in [-0.1, -0.05) is 18.2 Å². The van der Waals surface area contributed by atoms with Gasteiger partial charge in [0.25, 0.3) is 0 Å². The number of ketones is 1. The van der Waals surface area contributed by atoms with E-state index in [-0.39, 0.29) is 24.3 Å². The summed E-state index contributed by atoms with van der Waals surface area (Å²) in [5.74, 6) is -0.177. The maximum atomic E-state index is 12.6. The second-order valence-electron chi connectivity index (χ2n) is 6.53. The van der Waals surface area contributed by atoms with E-state index < -0.39 is 0 Å². The van der Waals surface area contributed by atoms with Crippen molar-refractivity contribution in [3.05, 3.63) is 52.2 Å². The molecule has 1 aromatic carbocycles. The van der Waals surface area contributed by atoms with Gasteiger partial charge in [0.05, 0.1) is 18.3 Å². The summed E-state index contributed by atoms with van der Waals surface area (Å²) in [4.78, 5) is 27.7. The fourth-order valence-corrected chi connectivity index (χ4v) is 3.92. The molecule has 0 saturated carbocycles. The summed E-state index contributed by atoms with van der Waals surface area (Å²) in [5, 5.41) is 4.93. The lowest BCUT2D eigenvalue weighted by molar-refractivity contribution is -0.117. The molecular weight excluding hydrogens is 348 g/mol. The fraction of sp³-hybridized carbons (Fsp3) is 0.400. The average molecular weight is 372 g/mol. The van der Waals surface area contributed by atoms with Crippen molar-refractivity contribution in [1.29, 1.82) is 0 Å². The van der Waals surface area contributed by atoms with E-state index in [2.05, 4.69) is 16.3 Å². The molecule has 26 heavy (non-hydrogen) atoms. The largest absolute Gasteiger partial charge is 0.377 e. The molecule has 2 heterocycles. The molecule has 1 atom stereocenters. The molecule has 1 aliphatic heterocycles. The Kier molecular flexibility index (Phi) is 6.55. The molecule has 1 fully saturated rings. The second-order valence-corrected chi connectivity index (χ2v) is 7.57. The molecule has 1 aromatic heterocycles. The number of benzene rings is 1. The van der Waals surface area contributed by atoms with Crippen molar-refractivity contribution in [2.75, 3.05) is 25.0 Å². The molecule has 0 radical (unpaired) electrons. The lowest BCUT2D eigenvalue weighted by Gasteiger charge is -2.24. The number of carbonyl (C=O) groups is 2. The first-order valence-corrected chi connectivity index (χ1v) is 9.76. The normalized spacial score (nSPS) is 16.8. The van der Waals surface area contributed by atoms with Gasteiger partial charge in [-0.3, -0.25) is 14.5 Å². The average Bonchev–Trinajstić information content (AvgIpc) is 3.29. The predicted octanol–water partition coefficient (Wildman–Crippen LogP) is 3.57. The van der Waals surface area contributed by atoms with Crippen LogP contribution in [0.25, 0.3) is 0 Å². The number of thiophene rings is 1. The minimum Gasteiger partial charge on any atom is -0.377 e. The van der Waals surface area contributed by atoms with Gasteiger partial charge in [-0.2, -0.15) is 0 Å².